The largest absolute Gasteiger partial charge is 0.480 e. The normalized spacial score (nSPS) is 24.2. The third-order valence-electron chi connectivity index (χ3n) is 5.50. The molecule has 0 unspecified atom stereocenters. The van der Waals surface area contributed by atoms with E-state index in [-0.39, 0.29) is 5.41 Å². The maximum Gasteiger partial charge on any atom is 0.320 e. The molecule has 4 rings (SSSR count). The Hall–Kier alpha value is -2.25. The molecule has 7 nitrogen and oxygen atoms in total. The number of aromatic nitrogens is 2. The molecule has 2 saturated carbocycles. The second kappa shape index (κ2) is 6.81. The lowest BCUT2D eigenvalue weighted by atomic mass is 10.1. The fourth-order valence-corrected chi connectivity index (χ4v) is 3.42. The third-order valence-corrected chi connectivity index (χ3v) is 5.50. The number of hydrogen-bond donors (Lipinski definition) is 3. The summed E-state index contributed by atoms with van der Waals surface area (Å²) < 4.78 is 5.30. The summed E-state index contributed by atoms with van der Waals surface area (Å²) in [5.74, 6) is 0.799. The minimum atomic E-state index is -1.01. The number of carboxylic acid groups (broad SMARTS) is 1. The summed E-state index contributed by atoms with van der Waals surface area (Å²) in [4.78, 5) is 15.3. The highest BCUT2D eigenvalue weighted by Crippen LogP contribution is 2.48. The predicted octanol–water partition coefficient (Wildman–Crippen LogP) is 1.59. The Bertz CT molecular complexity index is 772. The monoisotopic (exact) mass is 356 g/mol. The van der Waals surface area contributed by atoms with Gasteiger partial charge < -0.3 is 20.7 Å². The topological polar surface area (TPSA) is 114 Å². The van der Waals surface area contributed by atoms with Crippen molar-refractivity contribution in [1.29, 1.82) is 0 Å². The number of benzene rings is 1. The van der Waals surface area contributed by atoms with Crippen molar-refractivity contribution >= 4 is 5.97 Å². The standard InChI is InChI=1S/C19H24N4O3/c20-14(17(24)25)6-7-16-22-18(23-26-16)19(8-9-19)11-21-15-10-13(15)12-4-2-1-3-5-12/h1-5,13-15,21H,6-11,20H2,(H,24,25)/t13-,14-,15+/m0/s1. The van der Waals surface area contributed by atoms with E-state index >= 15 is 0 Å². The number of aryl methyl sites for hydroxylation is 1. The van der Waals surface area contributed by atoms with Crippen molar-refractivity contribution in [3.05, 3.63) is 47.6 Å². The van der Waals surface area contributed by atoms with Crippen LogP contribution in [0.3, 0.4) is 0 Å². The van der Waals surface area contributed by atoms with E-state index in [0.29, 0.717) is 30.7 Å². The molecule has 4 N–H and O–H groups in total. The van der Waals surface area contributed by atoms with E-state index in [1.807, 2.05) is 6.07 Å². The van der Waals surface area contributed by atoms with Crippen LogP contribution in [-0.2, 0) is 16.6 Å². The van der Waals surface area contributed by atoms with Crippen molar-refractivity contribution in [2.45, 2.75) is 55.5 Å². The minimum Gasteiger partial charge on any atom is -0.480 e. The lowest BCUT2D eigenvalue weighted by Crippen LogP contribution is -2.30. The first-order valence-electron chi connectivity index (χ1n) is 9.17. The number of carboxylic acids is 1. The van der Waals surface area contributed by atoms with E-state index in [1.165, 1.54) is 12.0 Å². The van der Waals surface area contributed by atoms with Crippen LogP contribution in [0.2, 0.25) is 0 Å². The Morgan fingerprint density at radius 3 is 2.85 bits per heavy atom. The van der Waals surface area contributed by atoms with Gasteiger partial charge in [-0.2, -0.15) is 4.98 Å². The molecule has 1 heterocycles. The van der Waals surface area contributed by atoms with Gasteiger partial charge in [0.1, 0.15) is 6.04 Å². The predicted molar refractivity (Wildman–Crippen MR) is 94.7 cm³/mol. The Kier molecular flexibility index (Phi) is 4.50. The van der Waals surface area contributed by atoms with Crippen LogP contribution in [-0.4, -0.2) is 39.8 Å². The quantitative estimate of drug-likeness (QED) is 0.625. The molecule has 2 aliphatic rings. The van der Waals surface area contributed by atoms with Crippen LogP contribution < -0.4 is 11.1 Å². The summed E-state index contributed by atoms with van der Waals surface area (Å²) >= 11 is 0. The highest BCUT2D eigenvalue weighted by atomic mass is 16.5. The van der Waals surface area contributed by atoms with Crippen molar-refractivity contribution < 1.29 is 14.4 Å². The van der Waals surface area contributed by atoms with Gasteiger partial charge in [-0.05, 0) is 31.2 Å². The molecule has 0 saturated heterocycles. The van der Waals surface area contributed by atoms with Crippen LogP contribution >= 0.6 is 0 Å². The summed E-state index contributed by atoms with van der Waals surface area (Å²) in [6, 6.07) is 10.2. The van der Waals surface area contributed by atoms with Crippen molar-refractivity contribution in [2.24, 2.45) is 5.73 Å². The number of carbonyl (C=O) groups is 1. The van der Waals surface area contributed by atoms with Gasteiger partial charge in [0.15, 0.2) is 5.82 Å². The van der Waals surface area contributed by atoms with Gasteiger partial charge in [-0.1, -0.05) is 35.5 Å². The van der Waals surface area contributed by atoms with Crippen LogP contribution in [0.1, 0.15) is 48.9 Å². The molecule has 26 heavy (non-hydrogen) atoms. The summed E-state index contributed by atoms with van der Waals surface area (Å²) in [6.07, 6.45) is 3.96. The highest BCUT2D eigenvalue weighted by molar-refractivity contribution is 5.72. The van der Waals surface area contributed by atoms with Gasteiger partial charge in [0.05, 0.1) is 0 Å². The molecule has 1 aromatic heterocycles. The molecule has 0 aliphatic heterocycles. The van der Waals surface area contributed by atoms with Crippen molar-refractivity contribution in [3.63, 3.8) is 0 Å². The number of nitrogens with zero attached hydrogens (tertiary/aromatic N) is 2. The molecule has 7 heteroatoms. The summed E-state index contributed by atoms with van der Waals surface area (Å²) in [7, 11) is 0. The average Bonchev–Trinajstić information content (AvgIpc) is 3.56. The molecule has 2 aliphatic carbocycles. The Morgan fingerprint density at radius 1 is 1.38 bits per heavy atom. The van der Waals surface area contributed by atoms with Gasteiger partial charge in [-0.15, -0.1) is 0 Å². The molecule has 138 valence electrons. The Labute approximate surface area is 152 Å². The molecule has 0 radical (unpaired) electrons. The smallest absolute Gasteiger partial charge is 0.320 e. The fourth-order valence-electron chi connectivity index (χ4n) is 3.42. The first kappa shape index (κ1) is 17.2. The number of nitrogens with two attached hydrogens (primary N) is 1. The van der Waals surface area contributed by atoms with E-state index in [2.05, 4.69) is 39.7 Å². The van der Waals surface area contributed by atoms with Gasteiger partial charge in [0, 0.05) is 30.3 Å². The first-order chi connectivity index (χ1) is 12.6. The SMILES string of the molecule is N[C@@H](CCc1nc(C2(CN[C@@H]3C[C@H]3c3ccccc3)CC2)no1)C(=O)O. The molecule has 2 aromatic rings. The fraction of sp³-hybridized carbons (Fsp3) is 0.526. The number of nitrogens with one attached hydrogen (secondary N) is 1. The van der Waals surface area contributed by atoms with Gasteiger partial charge in [-0.3, -0.25) is 4.79 Å². The maximum absolute atomic E-state index is 10.8. The molecule has 1 aromatic carbocycles. The summed E-state index contributed by atoms with van der Waals surface area (Å²) in [5.41, 5.74) is 6.89. The maximum atomic E-state index is 10.8. The first-order valence-corrected chi connectivity index (χ1v) is 9.17. The van der Waals surface area contributed by atoms with Gasteiger partial charge >= 0.3 is 5.97 Å². The lowest BCUT2D eigenvalue weighted by molar-refractivity contribution is -0.138. The number of rotatable bonds is 9. The zero-order chi connectivity index (χ0) is 18.1. The van der Waals surface area contributed by atoms with Crippen molar-refractivity contribution in [3.8, 4) is 0 Å². The van der Waals surface area contributed by atoms with E-state index in [0.717, 1.165) is 25.2 Å². The zero-order valence-corrected chi connectivity index (χ0v) is 14.6. The molecular weight excluding hydrogens is 332 g/mol. The minimum absolute atomic E-state index is 0.0273. The van der Waals surface area contributed by atoms with Crippen LogP contribution in [0.25, 0.3) is 0 Å². The molecule has 0 amide bonds. The van der Waals surface area contributed by atoms with Gasteiger partial charge in [-0.25, -0.2) is 0 Å². The molecule has 3 atom stereocenters. The number of hydrogen-bond acceptors (Lipinski definition) is 6. The molecule has 2 fully saturated rings. The molecular formula is C19H24N4O3. The van der Waals surface area contributed by atoms with Crippen LogP contribution in [0.5, 0.6) is 0 Å². The van der Waals surface area contributed by atoms with Gasteiger partial charge in [0.25, 0.3) is 0 Å². The van der Waals surface area contributed by atoms with E-state index in [4.69, 9.17) is 15.4 Å². The molecule has 0 bridgehead atoms. The average molecular weight is 356 g/mol. The van der Waals surface area contributed by atoms with E-state index in [1.54, 1.807) is 0 Å². The van der Waals surface area contributed by atoms with Crippen molar-refractivity contribution in [2.75, 3.05) is 6.54 Å². The van der Waals surface area contributed by atoms with Crippen molar-refractivity contribution in [1.82, 2.24) is 15.5 Å². The number of aliphatic carboxylic acids is 1. The van der Waals surface area contributed by atoms with Gasteiger partial charge in [0.2, 0.25) is 5.89 Å². The lowest BCUT2D eigenvalue weighted by Gasteiger charge is -2.12. The van der Waals surface area contributed by atoms with Crippen LogP contribution in [0.4, 0.5) is 0 Å². The Morgan fingerprint density at radius 2 is 2.15 bits per heavy atom. The van der Waals surface area contributed by atoms with E-state index in [9.17, 15) is 4.79 Å². The summed E-state index contributed by atoms with van der Waals surface area (Å²) in [5, 5.41) is 16.6. The Balaban J connectivity index is 1.29. The molecule has 0 spiro atoms. The second-order valence-electron chi connectivity index (χ2n) is 7.52. The second-order valence-corrected chi connectivity index (χ2v) is 7.52. The summed E-state index contributed by atoms with van der Waals surface area (Å²) in [6.45, 7) is 0.856. The highest BCUT2D eigenvalue weighted by Gasteiger charge is 2.50. The van der Waals surface area contributed by atoms with Crippen LogP contribution in [0, 0.1) is 0 Å². The van der Waals surface area contributed by atoms with Crippen LogP contribution in [0.15, 0.2) is 34.9 Å². The third kappa shape index (κ3) is 3.64. The zero-order valence-electron chi connectivity index (χ0n) is 14.6. The van der Waals surface area contributed by atoms with E-state index < -0.39 is 12.0 Å².